The average molecular weight is 377 g/mol. The van der Waals surface area contributed by atoms with Crippen LogP contribution in [0.4, 0.5) is 0 Å². The first-order valence-corrected chi connectivity index (χ1v) is 8.32. The van der Waals surface area contributed by atoms with Crippen molar-refractivity contribution in [2.75, 3.05) is 27.8 Å². The van der Waals surface area contributed by atoms with E-state index in [4.69, 9.17) is 21.1 Å². The van der Waals surface area contributed by atoms with Crippen molar-refractivity contribution in [2.24, 2.45) is 0 Å². The summed E-state index contributed by atoms with van der Waals surface area (Å²) in [5.41, 5.74) is 1.14. The van der Waals surface area contributed by atoms with Gasteiger partial charge in [0, 0.05) is 19.2 Å². The van der Waals surface area contributed by atoms with Crippen molar-refractivity contribution < 1.29 is 19.1 Å². The van der Waals surface area contributed by atoms with Crippen LogP contribution in [0.25, 0.3) is 0 Å². The molecule has 7 heteroatoms. The van der Waals surface area contributed by atoms with Crippen molar-refractivity contribution in [3.05, 3.63) is 58.6 Å². The number of para-hydroxylation sites is 1. The number of hydrogen-bond acceptors (Lipinski definition) is 4. The normalized spacial score (nSPS) is 10.2. The zero-order chi connectivity index (χ0) is 19.1. The molecular weight excluding hydrogens is 356 g/mol. The Morgan fingerprint density at radius 2 is 1.81 bits per heavy atom. The molecule has 0 spiro atoms. The summed E-state index contributed by atoms with van der Waals surface area (Å²) in [6, 6.07) is 12.1. The van der Waals surface area contributed by atoms with Crippen LogP contribution in [0.5, 0.6) is 11.5 Å². The number of halogens is 1. The topological polar surface area (TPSA) is 67.9 Å². The van der Waals surface area contributed by atoms with Crippen molar-refractivity contribution in [3.8, 4) is 11.5 Å². The molecule has 0 aliphatic rings. The molecule has 0 unspecified atom stereocenters. The minimum Gasteiger partial charge on any atom is -0.493 e. The van der Waals surface area contributed by atoms with Crippen LogP contribution in [-0.2, 0) is 11.3 Å². The van der Waals surface area contributed by atoms with Crippen molar-refractivity contribution in [1.29, 1.82) is 0 Å². The lowest BCUT2D eigenvalue weighted by atomic mass is 10.1. The molecule has 0 aliphatic carbocycles. The summed E-state index contributed by atoms with van der Waals surface area (Å²) in [6.45, 7) is 0.189. The van der Waals surface area contributed by atoms with Crippen LogP contribution in [0, 0.1) is 0 Å². The van der Waals surface area contributed by atoms with Crippen molar-refractivity contribution in [3.63, 3.8) is 0 Å². The van der Waals surface area contributed by atoms with Gasteiger partial charge in [0.1, 0.15) is 0 Å². The first-order chi connectivity index (χ1) is 12.5. The van der Waals surface area contributed by atoms with Gasteiger partial charge in [0.25, 0.3) is 5.91 Å². The molecule has 2 rings (SSSR count). The first kappa shape index (κ1) is 19.6. The standard InChI is InChI=1S/C19H21ClN2O4/c1-22(12-13-7-6-10-16(25-2)18(13)26-3)17(23)11-21-19(24)14-8-4-5-9-15(14)20/h4-10H,11-12H2,1-3H3,(H,21,24). The van der Waals surface area contributed by atoms with Crippen LogP contribution in [0.2, 0.25) is 5.02 Å². The molecule has 0 heterocycles. The Bertz CT molecular complexity index is 795. The molecule has 0 fully saturated rings. The molecule has 2 aromatic carbocycles. The Morgan fingerprint density at radius 1 is 1.08 bits per heavy atom. The monoisotopic (exact) mass is 376 g/mol. The Labute approximate surface area is 157 Å². The van der Waals surface area contributed by atoms with Crippen LogP contribution in [0.1, 0.15) is 15.9 Å². The Balaban J connectivity index is 1.98. The number of rotatable bonds is 7. The van der Waals surface area contributed by atoms with E-state index >= 15 is 0 Å². The van der Waals surface area contributed by atoms with Crippen molar-refractivity contribution in [2.45, 2.75) is 6.54 Å². The molecule has 2 amide bonds. The number of carbonyl (C=O) groups excluding carboxylic acids is 2. The molecule has 0 saturated heterocycles. The maximum atomic E-state index is 12.3. The molecule has 0 saturated carbocycles. The Kier molecular flexibility index (Phi) is 6.86. The highest BCUT2D eigenvalue weighted by Crippen LogP contribution is 2.31. The van der Waals surface area contributed by atoms with E-state index in [-0.39, 0.29) is 12.5 Å². The van der Waals surface area contributed by atoms with E-state index in [1.807, 2.05) is 12.1 Å². The van der Waals surface area contributed by atoms with Gasteiger partial charge in [0.2, 0.25) is 5.91 Å². The number of nitrogens with one attached hydrogen (secondary N) is 1. The maximum Gasteiger partial charge on any atom is 0.253 e. The van der Waals surface area contributed by atoms with Crippen LogP contribution in [0.15, 0.2) is 42.5 Å². The highest BCUT2D eigenvalue weighted by Gasteiger charge is 2.16. The minimum atomic E-state index is -0.392. The second kappa shape index (κ2) is 9.10. The van der Waals surface area contributed by atoms with Crippen LogP contribution < -0.4 is 14.8 Å². The quantitative estimate of drug-likeness (QED) is 0.806. The first-order valence-electron chi connectivity index (χ1n) is 7.94. The lowest BCUT2D eigenvalue weighted by Gasteiger charge is -2.20. The fourth-order valence-corrected chi connectivity index (χ4v) is 2.67. The second-order valence-electron chi connectivity index (χ2n) is 5.56. The average Bonchev–Trinajstić information content (AvgIpc) is 2.65. The molecule has 6 nitrogen and oxygen atoms in total. The number of ether oxygens (including phenoxy) is 2. The third-order valence-corrected chi connectivity index (χ3v) is 4.17. The predicted octanol–water partition coefficient (Wildman–Crippen LogP) is 2.75. The van der Waals surface area contributed by atoms with E-state index in [9.17, 15) is 9.59 Å². The van der Waals surface area contributed by atoms with Gasteiger partial charge in [0.15, 0.2) is 11.5 Å². The number of amides is 2. The predicted molar refractivity (Wildman–Crippen MR) is 99.8 cm³/mol. The fourth-order valence-electron chi connectivity index (χ4n) is 2.45. The van der Waals surface area contributed by atoms with E-state index in [2.05, 4.69) is 5.32 Å². The summed E-state index contributed by atoms with van der Waals surface area (Å²) in [5, 5.41) is 2.93. The summed E-state index contributed by atoms with van der Waals surface area (Å²) in [5.74, 6) is 0.541. The van der Waals surface area contributed by atoms with Gasteiger partial charge >= 0.3 is 0 Å². The van der Waals surface area contributed by atoms with Crippen molar-refractivity contribution in [1.82, 2.24) is 10.2 Å². The minimum absolute atomic E-state index is 0.132. The summed E-state index contributed by atoms with van der Waals surface area (Å²) < 4.78 is 10.6. The van der Waals surface area contributed by atoms with Gasteiger partial charge in [-0.1, -0.05) is 35.9 Å². The third-order valence-electron chi connectivity index (χ3n) is 3.84. The van der Waals surface area contributed by atoms with Crippen LogP contribution in [-0.4, -0.2) is 44.5 Å². The largest absolute Gasteiger partial charge is 0.493 e. The number of likely N-dealkylation sites (N-methyl/N-ethyl adjacent to an activating group) is 1. The lowest BCUT2D eigenvalue weighted by Crippen LogP contribution is -2.38. The van der Waals surface area contributed by atoms with Gasteiger partial charge in [-0.05, 0) is 18.2 Å². The smallest absolute Gasteiger partial charge is 0.253 e. The van der Waals surface area contributed by atoms with Gasteiger partial charge in [-0.25, -0.2) is 0 Å². The van der Waals surface area contributed by atoms with Crippen molar-refractivity contribution >= 4 is 23.4 Å². The molecule has 0 radical (unpaired) electrons. The van der Waals surface area contributed by atoms with E-state index in [1.165, 1.54) is 4.90 Å². The Hall–Kier alpha value is -2.73. The number of carbonyl (C=O) groups is 2. The molecule has 0 aromatic heterocycles. The summed E-state index contributed by atoms with van der Waals surface area (Å²) in [6.07, 6.45) is 0. The lowest BCUT2D eigenvalue weighted by molar-refractivity contribution is -0.129. The molecule has 26 heavy (non-hydrogen) atoms. The number of hydrogen-bond donors (Lipinski definition) is 1. The van der Waals surface area contributed by atoms with Gasteiger partial charge in [-0.3, -0.25) is 9.59 Å². The maximum absolute atomic E-state index is 12.3. The van der Waals surface area contributed by atoms with Crippen LogP contribution in [0.3, 0.4) is 0 Å². The molecule has 138 valence electrons. The van der Waals surface area contributed by atoms with Gasteiger partial charge in [0.05, 0.1) is 31.4 Å². The summed E-state index contributed by atoms with van der Waals surface area (Å²) >= 11 is 5.98. The third kappa shape index (κ3) is 4.67. The number of benzene rings is 2. The molecule has 2 aromatic rings. The van der Waals surface area contributed by atoms with Gasteiger partial charge in [-0.15, -0.1) is 0 Å². The molecule has 1 N–H and O–H groups in total. The highest BCUT2D eigenvalue weighted by atomic mass is 35.5. The fraction of sp³-hybridized carbons (Fsp3) is 0.263. The molecule has 0 atom stereocenters. The zero-order valence-electron chi connectivity index (χ0n) is 14.9. The SMILES string of the molecule is COc1cccc(CN(C)C(=O)CNC(=O)c2ccccc2Cl)c1OC. The van der Waals surface area contributed by atoms with E-state index in [0.717, 1.165) is 5.56 Å². The summed E-state index contributed by atoms with van der Waals surface area (Å²) in [7, 11) is 4.76. The van der Waals surface area contributed by atoms with E-state index in [0.29, 0.717) is 28.6 Å². The second-order valence-corrected chi connectivity index (χ2v) is 5.97. The summed E-state index contributed by atoms with van der Waals surface area (Å²) in [4.78, 5) is 26.0. The number of methoxy groups -OCH3 is 2. The van der Waals surface area contributed by atoms with E-state index < -0.39 is 5.91 Å². The highest BCUT2D eigenvalue weighted by molar-refractivity contribution is 6.33. The number of nitrogens with zero attached hydrogens (tertiary/aromatic N) is 1. The van der Waals surface area contributed by atoms with Gasteiger partial charge in [-0.2, -0.15) is 0 Å². The molecule has 0 bridgehead atoms. The molecular formula is C19H21ClN2O4. The van der Waals surface area contributed by atoms with Crippen LogP contribution >= 0.6 is 11.6 Å². The van der Waals surface area contributed by atoms with E-state index in [1.54, 1.807) is 51.6 Å². The van der Waals surface area contributed by atoms with Gasteiger partial charge < -0.3 is 19.7 Å². The molecule has 0 aliphatic heterocycles. The Morgan fingerprint density at radius 3 is 2.46 bits per heavy atom. The zero-order valence-corrected chi connectivity index (χ0v) is 15.7.